The first-order valence-electron chi connectivity index (χ1n) is 5.63. The van der Waals surface area contributed by atoms with Crippen molar-refractivity contribution in [2.75, 3.05) is 0 Å². The van der Waals surface area contributed by atoms with Crippen molar-refractivity contribution in [2.24, 2.45) is 0 Å². The van der Waals surface area contributed by atoms with Crippen molar-refractivity contribution in [3.63, 3.8) is 0 Å². The highest BCUT2D eigenvalue weighted by Gasteiger charge is 2.17. The number of aryl methyl sites for hydroxylation is 1. The first kappa shape index (κ1) is 13.5. The Morgan fingerprint density at radius 3 is 2.53 bits per heavy atom. The highest BCUT2D eigenvalue weighted by molar-refractivity contribution is 5.72. The van der Waals surface area contributed by atoms with E-state index in [1.54, 1.807) is 32.0 Å². The minimum absolute atomic E-state index is 0.410. The van der Waals surface area contributed by atoms with E-state index in [1.165, 1.54) is 0 Å². The second kappa shape index (κ2) is 5.68. The van der Waals surface area contributed by atoms with Crippen LogP contribution in [0.15, 0.2) is 18.2 Å². The van der Waals surface area contributed by atoms with Gasteiger partial charge < -0.3 is 14.9 Å². The molecule has 4 heteroatoms. The highest BCUT2D eigenvalue weighted by atomic mass is 16.5. The molecule has 0 amide bonds. The fourth-order valence-electron chi connectivity index (χ4n) is 1.53. The summed E-state index contributed by atoms with van der Waals surface area (Å²) in [5.41, 5.74) is 1.61. The summed E-state index contributed by atoms with van der Waals surface area (Å²) in [5, 5.41) is 18.3. The standard InChI is InChI=1S/C13H18O4/c1-4-11(13(15)16)17-12-6-5-10(9(3)14)7-8(12)2/h5-7,9,11,14H,4H2,1-3H3,(H,15,16). The zero-order valence-corrected chi connectivity index (χ0v) is 10.3. The zero-order valence-electron chi connectivity index (χ0n) is 10.3. The summed E-state index contributed by atoms with van der Waals surface area (Å²) < 4.78 is 5.41. The molecule has 0 bridgehead atoms. The second-order valence-electron chi connectivity index (χ2n) is 4.05. The Hall–Kier alpha value is -1.55. The minimum atomic E-state index is -0.966. The van der Waals surface area contributed by atoms with Gasteiger partial charge in [-0.05, 0) is 43.5 Å². The van der Waals surface area contributed by atoms with Gasteiger partial charge in [-0.3, -0.25) is 0 Å². The topological polar surface area (TPSA) is 66.8 Å². The molecule has 1 aromatic carbocycles. The molecule has 0 aliphatic carbocycles. The van der Waals surface area contributed by atoms with E-state index in [9.17, 15) is 9.90 Å². The molecule has 2 N–H and O–H groups in total. The Morgan fingerprint density at radius 1 is 1.47 bits per heavy atom. The number of carboxylic acids is 1. The van der Waals surface area contributed by atoms with Crippen LogP contribution in [-0.4, -0.2) is 22.3 Å². The lowest BCUT2D eigenvalue weighted by Crippen LogP contribution is -2.26. The molecule has 94 valence electrons. The number of hydrogen-bond acceptors (Lipinski definition) is 3. The van der Waals surface area contributed by atoms with Crippen molar-refractivity contribution >= 4 is 5.97 Å². The molecule has 1 aromatic rings. The Morgan fingerprint density at radius 2 is 2.12 bits per heavy atom. The molecular weight excluding hydrogens is 220 g/mol. The Kier molecular flexibility index (Phi) is 4.52. The van der Waals surface area contributed by atoms with Gasteiger partial charge in [-0.2, -0.15) is 0 Å². The molecule has 1 rings (SSSR count). The molecule has 0 aromatic heterocycles. The number of hydrogen-bond donors (Lipinski definition) is 2. The van der Waals surface area contributed by atoms with E-state index in [-0.39, 0.29) is 0 Å². The van der Waals surface area contributed by atoms with Crippen molar-refractivity contribution < 1.29 is 19.7 Å². The first-order chi connectivity index (χ1) is 7.95. The minimum Gasteiger partial charge on any atom is -0.479 e. The summed E-state index contributed by atoms with van der Waals surface area (Å²) >= 11 is 0. The SMILES string of the molecule is CCC(Oc1ccc(C(C)O)cc1C)C(=O)O. The van der Waals surface area contributed by atoms with Gasteiger partial charge in [0.05, 0.1) is 6.10 Å². The second-order valence-corrected chi connectivity index (χ2v) is 4.05. The third-order valence-electron chi connectivity index (χ3n) is 2.60. The van der Waals surface area contributed by atoms with Crippen molar-refractivity contribution in [1.82, 2.24) is 0 Å². The van der Waals surface area contributed by atoms with Gasteiger partial charge in [-0.1, -0.05) is 13.0 Å². The Balaban J connectivity index is 2.89. The van der Waals surface area contributed by atoms with Crippen LogP contribution in [0.4, 0.5) is 0 Å². The number of aliphatic hydroxyl groups excluding tert-OH is 1. The number of ether oxygens (including phenoxy) is 1. The van der Waals surface area contributed by atoms with E-state index in [0.717, 1.165) is 11.1 Å². The van der Waals surface area contributed by atoms with Gasteiger partial charge >= 0.3 is 5.97 Å². The monoisotopic (exact) mass is 238 g/mol. The van der Waals surface area contributed by atoms with Gasteiger partial charge in [-0.25, -0.2) is 4.79 Å². The summed E-state index contributed by atoms with van der Waals surface area (Å²) in [6.45, 7) is 5.27. The van der Waals surface area contributed by atoms with E-state index < -0.39 is 18.2 Å². The maximum Gasteiger partial charge on any atom is 0.344 e. The summed E-state index contributed by atoms with van der Waals surface area (Å²) in [6, 6.07) is 5.24. The van der Waals surface area contributed by atoms with E-state index in [4.69, 9.17) is 9.84 Å². The van der Waals surface area contributed by atoms with Crippen LogP contribution in [0.25, 0.3) is 0 Å². The maximum absolute atomic E-state index is 10.9. The van der Waals surface area contributed by atoms with E-state index in [1.807, 2.05) is 6.92 Å². The molecule has 0 fully saturated rings. The summed E-state index contributed by atoms with van der Waals surface area (Å²) in [6.07, 6.45) is -0.956. The molecule has 0 spiro atoms. The van der Waals surface area contributed by atoms with E-state index in [0.29, 0.717) is 12.2 Å². The molecule has 0 heterocycles. The van der Waals surface area contributed by atoms with Crippen LogP contribution in [0.1, 0.15) is 37.5 Å². The molecule has 2 unspecified atom stereocenters. The molecule has 2 atom stereocenters. The molecule has 0 saturated heterocycles. The normalized spacial score (nSPS) is 14.1. The number of aliphatic hydroxyl groups is 1. The van der Waals surface area contributed by atoms with Crippen LogP contribution in [0.3, 0.4) is 0 Å². The van der Waals surface area contributed by atoms with E-state index in [2.05, 4.69) is 0 Å². The molecule has 0 aliphatic rings. The molecule has 0 aliphatic heterocycles. The third-order valence-corrected chi connectivity index (χ3v) is 2.60. The van der Waals surface area contributed by atoms with E-state index >= 15 is 0 Å². The summed E-state index contributed by atoms with van der Waals surface area (Å²) in [7, 11) is 0. The molecular formula is C13H18O4. The third kappa shape index (κ3) is 3.46. The number of rotatable bonds is 5. The molecule has 0 radical (unpaired) electrons. The Labute approximate surface area is 101 Å². The van der Waals surface area contributed by atoms with Crippen LogP contribution < -0.4 is 4.74 Å². The van der Waals surface area contributed by atoms with Crippen LogP contribution in [0, 0.1) is 6.92 Å². The smallest absolute Gasteiger partial charge is 0.344 e. The summed E-state index contributed by atoms with van der Waals surface area (Å²) in [5.74, 6) is -0.421. The predicted molar refractivity (Wildman–Crippen MR) is 64.2 cm³/mol. The van der Waals surface area contributed by atoms with Gasteiger partial charge in [0.2, 0.25) is 0 Å². The van der Waals surface area contributed by atoms with Crippen LogP contribution in [0.2, 0.25) is 0 Å². The lowest BCUT2D eigenvalue weighted by atomic mass is 10.1. The largest absolute Gasteiger partial charge is 0.479 e. The van der Waals surface area contributed by atoms with Crippen LogP contribution >= 0.6 is 0 Å². The number of carboxylic acid groups (broad SMARTS) is 1. The van der Waals surface area contributed by atoms with Crippen molar-refractivity contribution in [1.29, 1.82) is 0 Å². The van der Waals surface area contributed by atoms with Crippen molar-refractivity contribution in [3.05, 3.63) is 29.3 Å². The maximum atomic E-state index is 10.9. The molecule has 0 saturated carbocycles. The summed E-state index contributed by atoms with van der Waals surface area (Å²) in [4.78, 5) is 10.9. The van der Waals surface area contributed by atoms with Gasteiger partial charge in [0.25, 0.3) is 0 Å². The fraction of sp³-hybridized carbons (Fsp3) is 0.462. The molecule has 17 heavy (non-hydrogen) atoms. The fourth-order valence-corrected chi connectivity index (χ4v) is 1.53. The number of benzene rings is 1. The zero-order chi connectivity index (χ0) is 13.0. The highest BCUT2D eigenvalue weighted by Crippen LogP contribution is 2.24. The number of aliphatic carboxylic acids is 1. The van der Waals surface area contributed by atoms with Gasteiger partial charge in [-0.15, -0.1) is 0 Å². The lowest BCUT2D eigenvalue weighted by molar-refractivity contribution is -0.145. The van der Waals surface area contributed by atoms with Crippen LogP contribution in [-0.2, 0) is 4.79 Å². The Bertz CT molecular complexity index is 398. The first-order valence-corrected chi connectivity index (χ1v) is 5.63. The molecule has 4 nitrogen and oxygen atoms in total. The van der Waals surface area contributed by atoms with Crippen molar-refractivity contribution in [2.45, 2.75) is 39.4 Å². The van der Waals surface area contributed by atoms with Gasteiger partial charge in [0.15, 0.2) is 6.10 Å². The van der Waals surface area contributed by atoms with Crippen molar-refractivity contribution in [3.8, 4) is 5.75 Å². The quantitative estimate of drug-likeness (QED) is 0.826. The average Bonchev–Trinajstić information content (AvgIpc) is 2.26. The average molecular weight is 238 g/mol. The predicted octanol–water partition coefficient (Wildman–Crippen LogP) is 2.29. The van der Waals surface area contributed by atoms with Gasteiger partial charge in [0, 0.05) is 0 Å². The number of carbonyl (C=O) groups is 1. The lowest BCUT2D eigenvalue weighted by Gasteiger charge is -2.16. The van der Waals surface area contributed by atoms with Crippen LogP contribution in [0.5, 0.6) is 5.75 Å². The van der Waals surface area contributed by atoms with Gasteiger partial charge in [0.1, 0.15) is 5.75 Å².